The molecular formula is C21H35Cl2N3O6. The normalized spacial score (nSPS) is 16.9. The number of carbonyl (C=O) groups is 3. The van der Waals surface area contributed by atoms with Crippen LogP contribution in [0.4, 0.5) is 0 Å². The summed E-state index contributed by atoms with van der Waals surface area (Å²) in [6.07, 6.45) is 3.48. The molecule has 8 N–H and O–H groups in total. The van der Waals surface area contributed by atoms with E-state index in [-0.39, 0.29) is 6.04 Å². The Balaban J connectivity index is 0. The number of piperidine rings is 1. The number of hydrogen-bond acceptors (Lipinski definition) is 6. The Hall–Kier alpha value is -1.91. The molecule has 0 aromatic heterocycles. The van der Waals surface area contributed by atoms with Crippen molar-refractivity contribution in [1.29, 1.82) is 0 Å². The van der Waals surface area contributed by atoms with Gasteiger partial charge in [-0.05, 0) is 38.5 Å². The average Bonchev–Trinajstić information content (AvgIpc) is 2.76. The molecule has 0 bridgehead atoms. The van der Waals surface area contributed by atoms with Crippen LogP contribution in [0.15, 0.2) is 36.5 Å². The number of aliphatic carboxylic acids is 3. The van der Waals surface area contributed by atoms with Gasteiger partial charge in [0.2, 0.25) is 0 Å². The average molecular weight is 496 g/mol. The summed E-state index contributed by atoms with van der Waals surface area (Å²) in [4.78, 5) is 30.8. The van der Waals surface area contributed by atoms with Gasteiger partial charge in [0.1, 0.15) is 18.1 Å². The maximum atomic E-state index is 10.4. The molecule has 1 aliphatic heterocycles. The van der Waals surface area contributed by atoms with Crippen molar-refractivity contribution < 1.29 is 29.7 Å². The molecule has 3 atom stereocenters. The number of hydrogen-bond donors (Lipinski definition) is 6. The molecule has 1 rings (SSSR count). The van der Waals surface area contributed by atoms with Crippen LogP contribution in [0.3, 0.4) is 0 Å². The third kappa shape index (κ3) is 17.7. The Morgan fingerprint density at radius 2 is 1.38 bits per heavy atom. The molecule has 1 heterocycles. The van der Waals surface area contributed by atoms with Crippen molar-refractivity contribution in [3.63, 3.8) is 0 Å². The highest BCUT2D eigenvalue weighted by Gasteiger charge is 2.20. The fourth-order valence-corrected chi connectivity index (χ4v) is 2.38. The third-order valence-corrected chi connectivity index (χ3v) is 5.07. The van der Waals surface area contributed by atoms with Crippen LogP contribution in [0.1, 0.15) is 38.5 Å². The van der Waals surface area contributed by atoms with Gasteiger partial charge in [-0.25, -0.2) is 0 Å². The zero-order chi connectivity index (χ0) is 25.3. The number of carboxylic acids is 3. The van der Waals surface area contributed by atoms with Crippen molar-refractivity contribution in [1.82, 2.24) is 5.32 Å². The van der Waals surface area contributed by atoms with E-state index in [1.54, 1.807) is 0 Å². The summed E-state index contributed by atoms with van der Waals surface area (Å²) < 4.78 is 0. The number of rotatable bonds is 11. The van der Waals surface area contributed by atoms with E-state index in [0.29, 0.717) is 50.4 Å². The number of halogens is 2. The van der Waals surface area contributed by atoms with Gasteiger partial charge in [-0.15, -0.1) is 23.2 Å². The standard InChI is InChI=1S/2C7H12ClNO2.C7H11NO2/c2*1-5(4-8)2-3-6(9)7(10)11;1-5-2-3-6(7(9)10)8-4-5/h2*6H,1-4,9H2,(H,10,11);6,8H,1-4H2,(H,9,10)/t3*6-/m000/s1. The summed E-state index contributed by atoms with van der Waals surface area (Å²) in [5.41, 5.74) is 13.2. The predicted octanol–water partition coefficient (Wildman–Crippen LogP) is 2.33. The minimum absolute atomic E-state index is 0.356. The van der Waals surface area contributed by atoms with Crippen LogP contribution < -0.4 is 16.8 Å². The van der Waals surface area contributed by atoms with E-state index in [1.807, 2.05) is 0 Å². The Morgan fingerprint density at radius 1 is 0.969 bits per heavy atom. The number of nitrogens with one attached hydrogen (secondary N) is 1. The zero-order valence-electron chi connectivity index (χ0n) is 18.2. The van der Waals surface area contributed by atoms with E-state index in [1.165, 1.54) is 0 Å². The number of nitrogens with two attached hydrogens (primary N) is 2. The molecule has 0 radical (unpaired) electrons. The summed E-state index contributed by atoms with van der Waals surface area (Å²) in [7, 11) is 0. The third-order valence-electron chi connectivity index (χ3n) is 4.31. The predicted molar refractivity (Wildman–Crippen MR) is 127 cm³/mol. The van der Waals surface area contributed by atoms with Gasteiger partial charge < -0.3 is 32.1 Å². The smallest absolute Gasteiger partial charge is 0.320 e. The summed E-state index contributed by atoms with van der Waals surface area (Å²) in [5.74, 6) is -1.98. The first kappa shape index (κ1) is 32.3. The minimum Gasteiger partial charge on any atom is -0.480 e. The minimum atomic E-state index is -0.979. The Morgan fingerprint density at radius 3 is 1.62 bits per heavy atom. The number of allylic oxidation sites excluding steroid dienone is 2. The summed E-state index contributed by atoms with van der Waals surface area (Å²) >= 11 is 10.9. The van der Waals surface area contributed by atoms with Gasteiger partial charge in [-0.3, -0.25) is 14.4 Å². The molecule has 1 fully saturated rings. The van der Waals surface area contributed by atoms with E-state index in [2.05, 4.69) is 25.1 Å². The second kappa shape index (κ2) is 18.6. The molecule has 1 aliphatic rings. The highest BCUT2D eigenvalue weighted by atomic mass is 35.5. The van der Waals surface area contributed by atoms with Crippen LogP contribution in [-0.4, -0.2) is 69.7 Å². The fourth-order valence-electron chi connectivity index (χ4n) is 2.12. The zero-order valence-corrected chi connectivity index (χ0v) is 19.7. The molecule has 0 saturated carbocycles. The van der Waals surface area contributed by atoms with Crippen LogP contribution in [-0.2, 0) is 14.4 Å². The first-order chi connectivity index (χ1) is 14.8. The molecule has 0 unspecified atom stereocenters. The Kier molecular flexibility index (Phi) is 18.8. The van der Waals surface area contributed by atoms with Crippen molar-refractivity contribution in [2.45, 2.75) is 56.7 Å². The lowest BCUT2D eigenvalue weighted by molar-refractivity contribution is -0.140. The number of alkyl halides is 2. The summed E-state index contributed by atoms with van der Waals surface area (Å²) in [5, 5.41) is 28.2. The van der Waals surface area contributed by atoms with Crippen molar-refractivity contribution in [3.8, 4) is 0 Å². The van der Waals surface area contributed by atoms with E-state index >= 15 is 0 Å². The molecule has 9 nitrogen and oxygen atoms in total. The van der Waals surface area contributed by atoms with E-state index in [9.17, 15) is 14.4 Å². The van der Waals surface area contributed by atoms with Gasteiger partial charge in [0.15, 0.2) is 0 Å². The second-order valence-electron chi connectivity index (χ2n) is 7.29. The maximum Gasteiger partial charge on any atom is 0.320 e. The molecule has 0 amide bonds. The highest BCUT2D eigenvalue weighted by Crippen LogP contribution is 2.11. The van der Waals surface area contributed by atoms with Crippen LogP contribution in [0.25, 0.3) is 0 Å². The van der Waals surface area contributed by atoms with Crippen molar-refractivity contribution in [2.75, 3.05) is 18.3 Å². The molecule has 11 heteroatoms. The summed E-state index contributed by atoms with van der Waals surface area (Å²) in [6.45, 7) is 11.7. The quantitative estimate of drug-likeness (QED) is 0.185. The maximum absolute atomic E-state index is 10.4. The largest absolute Gasteiger partial charge is 0.480 e. The van der Waals surface area contributed by atoms with Gasteiger partial charge in [0.25, 0.3) is 0 Å². The van der Waals surface area contributed by atoms with Gasteiger partial charge in [-0.1, -0.05) is 36.5 Å². The first-order valence-electron chi connectivity index (χ1n) is 9.90. The van der Waals surface area contributed by atoms with Crippen LogP contribution in [0.2, 0.25) is 0 Å². The molecule has 0 spiro atoms. The van der Waals surface area contributed by atoms with Crippen molar-refractivity contribution >= 4 is 41.1 Å². The summed E-state index contributed by atoms with van der Waals surface area (Å²) in [6, 6.07) is -1.95. The SMILES string of the molecule is C=C(CCl)CC[C@H](N)C(=O)O.C=C(CCl)CC[C@H](N)C(=O)O.C=C1CC[C@@H](C(=O)O)NC1. The molecular weight excluding hydrogens is 461 g/mol. The molecule has 1 saturated heterocycles. The first-order valence-corrected chi connectivity index (χ1v) is 11.0. The van der Waals surface area contributed by atoms with Gasteiger partial charge in [0.05, 0.1) is 0 Å². The van der Waals surface area contributed by atoms with Gasteiger partial charge >= 0.3 is 17.9 Å². The van der Waals surface area contributed by atoms with Crippen molar-refractivity contribution in [2.24, 2.45) is 11.5 Å². The monoisotopic (exact) mass is 495 g/mol. The van der Waals surface area contributed by atoms with Crippen LogP contribution in [0, 0.1) is 0 Å². The number of carboxylic acid groups (broad SMARTS) is 3. The fraction of sp³-hybridized carbons (Fsp3) is 0.571. The van der Waals surface area contributed by atoms with E-state index in [0.717, 1.165) is 23.1 Å². The molecule has 0 aromatic carbocycles. The van der Waals surface area contributed by atoms with Gasteiger partial charge in [0, 0.05) is 18.3 Å². The van der Waals surface area contributed by atoms with Crippen molar-refractivity contribution in [3.05, 3.63) is 36.5 Å². The van der Waals surface area contributed by atoms with E-state index < -0.39 is 30.0 Å². The molecule has 0 aromatic rings. The lowest BCUT2D eigenvalue weighted by Gasteiger charge is -2.20. The Bertz CT molecular complexity index is 611. The molecule has 184 valence electrons. The second-order valence-corrected chi connectivity index (χ2v) is 7.83. The van der Waals surface area contributed by atoms with Crippen LogP contribution in [0.5, 0.6) is 0 Å². The Labute approximate surface area is 199 Å². The van der Waals surface area contributed by atoms with Gasteiger partial charge in [-0.2, -0.15) is 0 Å². The van der Waals surface area contributed by atoms with Crippen LogP contribution >= 0.6 is 23.2 Å². The molecule has 0 aliphatic carbocycles. The highest BCUT2D eigenvalue weighted by molar-refractivity contribution is 6.19. The topological polar surface area (TPSA) is 176 Å². The lowest BCUT2D eigenvalue weighted by Crippen LogP contribution is -2.40. The lowest BCUT2D eigenvalue weighted by atomic mass is 10.0. The molecule has 32 heavy (non-hydrogen) atoms. The van der Waals surface area contributed by atoms with E-state index in [4.69, 9.17) is 50.0 Å².